The number of rotatable bonds is 4. The van der Waals surface area contributed by atoms with Gasteiger partial charge in [-0.2, -0.15) is 0 Å². The average Bonchev–Trinajstić information content (AvgIpc) is 2.89. The number of nitrogens with zero attached hydrogens (tertiary/aromatic N) is 1. The summed E-state index contributed by atoms with van der Waals surface area (Å²) in [6.07, 6.45) is 0. The third-order valence-corrected chi connectivity index (χ3v) is 6.44. The summed E-state index contributed by atoms with van der Waals surface area (Å²) in [7, 11) is 0. The van der Waals surface area contributed by atoms with Crippen molar-refractivity contribution in [1.82, 2.24) is 4.98 Å². The SMILES string of the molecule is Brc1ccc2cc(Oc3c(-c4ccccc4)nc4ccccc4c3-c3ccccc3)ccc2c1. The highest BCUT2D eigenvalue weighted by Crippen LogP contribution is 2.44. The molecule has 6 rings (SSSR count). The Balaban J connectivity index is 1.63. The van der Waals surface area contributed by atoms with Crippen LogP contribution in [-0.4, -0.2) is 4.98 Å². The molecule has 0 aliphatic carbocycles. The monoisotopic (exact) mass is 501 g/mol. The first kappa shape index (κ1) is 20.6. The molecular formula is C31H20BrNO. The highest BCUT2D eigenvalue weighted by molar-refractivity contribution is 9.10. The molecule has 1 heterocycles. The van der Waals surface area contributed by atoms with E-state index in [1.165, 1.54) is 0 Å². The number of halogens is 1. The van der Waals surface area contributed by atoms with Crippen molar-refractivity contribution in [1.29, 1.82) is 0 Å². The summed E-state index contributed by atoms with van der Waals surface area (Å²) in [6.45, 7) is 0. The van der Waals surface area contributed by atoms with Crippen LogP contribution < -0.4 is 4.74 Å². The van der Waals surface area contributed by atoms with Gasteiger partial charge in [-0.05, 0) is 46.7 Å². The molecule has 0 atom stereocenters. The molecule has 0 spiro atoms. The van der Waals surface area contributed by atoms with Crippen molar-refractivity contribution >= 4 is 37.6 Å². The molecule has 0 fully saturated rings. The smallest absolute Gasteiger partial charge is 0.162 e. The van der Waals surface area contributed by atoms with Crippen LogP contribution in [0.25, 0.3) is 44.1 Å². The minimum absolute atomic E-state index is 0.757. The van der Waals surface area contributed by atoms with Crippen LogP contribution >= 0.6 is 15.9 Å². The highest BCUT2D eigenvalue weighted by atomic mass is 79.9. The van der Waals surface area contributed by atoms with Crippen molar-refractivity contribution in [3.05, 3.63) is 126 Å². The first-order valence-corrected chi connectivity index (χ1v) is 12.0. The minimum atomic E-state index is 0.757. The minimum Gasteiger partial charge on any atom is -0.454 e. The Labute approximate surface area is 206 Å². The molecule has 0 N–H and O–H groups in total. The van der Waals surface area contributed by atoms with E-state index in [9.17, 15) is 0 Å². The Hall–Kier alpha value is -3.95. The topological polar surface area (TPSA) is 22.1 Å². The van der Waals surface area contributed by atoms with Crippen LogP contribution in [0.2, 0.25) is 0 Å². The Kier molecular flexibility index (Phi) is 5.32. The van der Waals surface area contributed by atoms with Gasteiger partial charge < -0.3 is 4.74 Å². The van der Waals surface area contributed by atoms with Crippen molar-refractivity contribution in [3.63, 3.8) is 0 Å². The maximum Gasteiger partial charge on any atom is 0.162 e. The number of hydrogen-bond acceptors (Lipinski definition) is 2. The van der Waals surface area contributed by atoms with Gasteiger partial charge in [0.15, 0.2) is 5.75 Å². The summed E-state index contributed by atoms with van der Waals surface area (Å²) in [6, 6.07) is 41.4. The first-order valence-electron chi connectivity index (χ1n) is 11.2. The summed E-state index contributed by atoms with van der Waals surface area (Å²) >= 11 is 3.56. The number of para-hydroxylation sites is 1. The summed E-state index contributed by atoms with van der Waals surface area (Å²) in [5.41, 5.74) is 4.93. The lowest BCUT2D eigenvalue weighted by molar-refractivity contribution is 0.486. The van der Waals surface area contributed by atoms with Crippen molar-refractivity contribution in [2.75, 3.05) is 0 Å². The fourth-order valence-electron chi connectivity index (χ4n) is 4.35. The lowest BCUT2D eigenvalue weighted by atomic mass is 9.96. The fraction of sp³-hybridized carbons (Fsp3) is 0. The van der Waals surface area contributed by atoms with Gasteiger partial charge in [0.1, 0.15) is 11.4 Å². The van der Waals surface area contributed by atoms with Crippen LogP contribution in [0.3, 0.4) is 0 Å². The second kappa shape index (κ2) is 8.77. The molecular weight excluding hydrogens is 482 g/mol. The molecule has 0 saturated heterocycles. The van der Waals surface area contributed by atoms with Gasteiger partial charge in [0.2, 0.25) is 0 Å². The highest BCUT2D eigenvalue weighted by Gasteiger charge is 2.20. The van der Waals surface area contributed by atoms with E-state index >= 15 is 0 Å². The molecule has 0 saturated carbocycles. The first-order chi connectivity index (χ1) is 16.8. The molecule has 3 heteroatoms. The molecule has 0 aliphatic heterocycles. The normalized spacial score (nSPS) is 11.1. The maximum absolute atomic E-state index is 6.72. The van der Waals surface area contributed by atoms with E-state index in [0.29, 0.717) is 0 Å². The van der Waals surface area contributed by atoms with Crippen LogP contribution in [0.1, 0.15) is 0 Å². The number of fused-ring (bicyclic) bond motifs is 2. The molecule has 2 nitrogen and oxygen atoms in total. The number of benzene rings is 5. The van der Waals surface area contributed by atoms with E-state index in [1.54, 1.807) is 0 Å². The summed E-state index contributed by atoms with van der Waals surface area (Å²) in [4.78, 5) is 5.07. The zero-order valence-corrected chi connectivity index (χ0v) is 19.9. The second-order valence-corrected chi connectivity index (χ2v) is 9.08. The number of pyridine rings is 1. The van der Waals surface area contributed by atoms with Crippen LogP contribution in [0, 0.1) is 0 Å². The van der Waals surface area contributed by atoms with Gasteiger partial charge in [-0.25, -0.2) is 4.98 Å². The van der Waals surface area contributed by atoms with Crippen LogP contribution in [-0.2, 0) is 0 Å². The lowest BCUT2D eigenvalue weighted by Crippen LogP contribution is -1.97. The Morgan fingerprint density at radius 2 is 1.24 bits per heavy atom. The molecule has 6 aromatic rings. The second-order valence-electron chi connectivity index (χ2n) is 8.17. The van der Waals surface area contributed by atoms with Crippen molar-refractivity contribution in [3.8, 4) is 33.9 Å². The van der Waals surface area contributed by atoms with Crippen molar-refractivity contribution in [2.45, 2.75) is 0 Å². The summed E-state index contributed by atoms with van der Waals surface area (Å²) < 4.78 is 7.78. The zero-order chi connectivity index (χ0) is 22.9. The van der Waals surface area contributed by atoms with Gasteiger partial charge >= 0.3 is 0 Å². The quantitative estimate of drug-likeness (QED) is 0.240. The van der Waals surface area contributed by atoms with E-state index in [0.717, 1.165) is 60.0 Å². The fourth-order valence-corrected chi connectivity index (χ4v) is 4.73. The van der Waals surface area contributed by atoms with Gasteiger partial charge in [0, 0.05) is 21.0 Å². The standard InChI is InChI=1S/C31H20BrNO/c32-25-17-15-24-20-26(18-16-23(24)19-25)34-31-29(21-9-3-1-4-10-21)27-13-7-8-14-28(27)33-30(31)22-11-5-2-6-12-22/h1-20H. The van der Waals surface area contributed by atoms with E-state index in [-0.39, 0.29) is 0 Å². The van der Waals surface area contributed by atoms with E-state index < -0.39 is 0 Å². The average molecular weight is 502 g/mol. The Bertz CT molecular complexity index is 1630. The predicted molar refractivity (Wildman–Crippen MR) is 144 cm³/mol. The predicted octanol–water partition coefficient (Wildman–Crippen LogP) is 9.28. The molecule has 0 amide bonds. The summed E-state index contributed by atoms with van der Waals surface area (Å²) in [5, 5.41) is 3.34. The molecule has 162 valence electrons. The maximum atomic E-state index is 6.72. The van der Waals surface area contributed by atoms with Crippen LogP contribution in [0.4, 0.5) is 0 Å². The van der Waals surface area contributed by atoms with Crippen molar-refractivity contribution in [2.24, 2.45) is 0 Å². The van der Waals surface area contributed by atoms with Crippen molar-refractivity contribution < 1.29 is 4.74 Å². The molecule has 0 unspecified atom stereocenters. The zero-order valence-electron chi connectivity index (χ0n) is 18.3. The number of hydrogen-bond donors (Lipinski definition) is 0. The molecule has 0 aliphatic rings. The Morgan fingerprint density at radius 1 is 0.588 bits per heavy atom. The lowest BCUT2D eigenvalue weighted by Gasteiger charge is -2.18. The van der Waals surface area contributed by atoms with E-state index in [1.807, 2.05) is 36.4 Å². The van der Waals surface area contributed by atoms with Gasteiger partial charge in [0.25, 0.3) is 0 Å². The Morgan fingerprint density at radius 3 is 2.03 bits per heavy atom. The summed E-state index contributed by atoms with van der Waals surface area (Å²) in [5.74, 6) is 1.54. The molecule has 34 heavy (non-hydrogen) atoms. The molecule has 1 aromatic heterocycles. The third kappa shape index (κ3) is 3.85. The molecule has 5 aromatic carbocycles. The van der Waals surface area contributed by atoms with E-state index in [2.05, 4.69) is 101 Å². The van der Waals surface area contributed by atoms with Gasteiger partial charge in [-0.1, -0.05) is 107 Å². The largest absolute Gasteiger partial charge is 0.454 e. The molecule has 0 radical (unpaired) electrons. The third-order valence-electron chi connectivity index (χ3n) is 5.95. The van der Waals surface area contributed by atoms with Crippen LogP contribution in [0.15, 0.2) is 126 Å². The van der Waals surface area contributed by atoms with E-state index in [4.69, 9.17) is 9.72 Å². The number of aromatic nitrogens is 1. The van der Waals surface area contributed by atoms with Crippen LogP contribution in [0.5, 0.6) is 11.5 Å². The number of ether oxygens (including phenoxy) is 1. The molecule has 0 bridgehead atoms. The van der Waals surface area contributed by atoms with Gasteiger partial charge in [-0.15, -0.1) is 0 Å². The van der Waals surface area contributed by atoms with Gasteiger partial charge in [-0.3, -0.25) is 0 Å². The van der Waals surface area contributed by atoms with Gasteiger partial charge in [0.05, 0.1) is 5.52 Å².